The number of hydrogen-bond donors (Lipinski definition) is 1. The van der Waals surface area contributed by atoms with Crippen molar-refractivity contribution < 1.29 is 9.47 Å². The molecule has 0 radical (unpaired) electrons. The second-order valence-electron chi connectivity index (χ2n) is 4.86. The lowest BCUT2D eigenvalue weighted by atomic mass is 10.2. The average molecular weight is 285 g/mol. The quantitative estimate of drug-likeness (QED) is 0.713. The van der Waals surface area contributed by atoms with Crippen LogP contribution in [0, 0.1) is 0 Å². The number of benzene rings is 2. The van der Waals surface area contributed by atoms with Gasteiger partial charge in [-0.15, -0.1) is 0 Å². The number of nitrogens with one attached hydrogen (secondary N) is 1. The Labute approximate surface area is 126 Å². The van der Waals surface area contributed by atoms with Crippen LogP contribution in [0.15, 0.2) is 54.6 Å². The summed E-state index contributed by atoms with van der Waals surface area (Å²) in [5.74, 6) is 1.89. The maximum absolute atomic E-state index is 5.66. The summed E-state index contributed by atoms with van der Waals surface area (Å²) in [6.45, 7) is 2.58. The van der Waals surface area contributed by atoms with Crippen LogP contribution in [0.4, 0.5) is 0 Å². The minimum atomic E-state index is 0.764. The molecule has 0 saturated carbocycles. The van der Waals surface area contributed by atoms with Crippen LogP contribution in [0.5, 0.6) is 11.5 Å². The molecule has 2 aromatic rings. The molecule has 0 bridgehead atoms. The Hall–Kier alpha value is -2.00. The van der Waals surface area contributed by atoms with Crippen molar-refractivity contribution in [2.75, 3.05) is 20.3 Å². The van der Waals surface area contributed by atoms with Gasteiger partial charge in [-0.2, -0.15) is 0 Å². The van der Waals surface area contributed by atoms with E-state index in [0.29, 0.717) is 0 Å². The summed E-state index contributed by atoms with van der Waals surface area (Å²) < 4.78 is 11.0. The van der Waals surface area contributed by atoms with E-state index in [2.05, 4.69) is 11.4 Å². The summed E-state index contributed by atoms with van der Waals surface area (Å²) in [6, 6.07) is 18.0. The van der Waals surface area contributed by atoms with Gasteiger partial charge in [0.15, 0.2) is 0 Å². The molecule has 0 aliphatic heterocycles. The molecule has 0 heterocycles. The summed E-state index contributed by atoms with van der Waals surface area (Å²) in [7, 11) is 1.71. The second kappa shape index (κ2) is 9.03. The Kier molecular flexibility index (Phi) is 6.62. The van der Waals surface area contributed by atoms with E-state index in [4.69, 9.17) is 9.47 Å². The van der Waals surface area contributed by atoms with Crippen molar-refractivity contribution in [1.82, 2.24) is 5.32 Å². The standard InChI is InChI=1S/C18H23NO2/c1-20-18-12-6-5-9-16(18)15-19-13-7-8-14-21-17-10-3-2-4-11-17/h2-6,9-12,19H,7-8,13-15H2,1H3. The summed E-state index contributed by atoms with van der Waals surface area (Å²) in [6.07, 6.45) is 2.15. The van der Waals surface area contributed by atoms with E-state index in [1.807, 2.05) is 48.5 Å². The summed E-state index contributed by atoms with van der Waals surface area (Å²) in [5.41, 5.74) is 1.19. The van der Waals surface area contributed by atoms with Crippen molar-refractivity contribution in [3.05, 3.63) is 60.2 Å². The number of rotatable bonds is 9. The molecule has 0 saturated heterocycles. The van der Waals surface area contributed by atoms with Crippen molar-refractivity contribution in [3.63, 3.8) is 0 Å². The van der Waals surface area contributed by atoms with Gasteiger partial charge in [0.25, 0.3) is 0 Å². The number of methoxy groups -OCH3 is 1. The Balaban J connectivity index is 1.56. The number of ether oxygens (including phenoxy) is 2. The van der Waals surface area contributed by atoms with Crippen LogP contribution in [-0.4, -0.2) is 20.3 Å². The summed E-state index contributed by atoms with van der Waals surface area (Å²) in [4.78, 5) is 0. The Bertz CT molecular complexity index is 514. The molecule has 0 unspecified atom stereocenters. The maximum atomic E-state index is 5.66. The van der Waals surface area contributed by atoms with Crippen LogP contribution in [0.2, 0.25) is 0 Å². The minimum absolute atomic E-state index is 0.764. The fourth-order valence-corrected chi connectivity index (χ4v) is 2.13. The first-order valence-electron chi connectivity index (χ1n) is 7.40. The third-order valence-electron chi connectivity index (χ3n) is 3.27. The van der Waals surface area contributed by atoms with Crippen molar-refractivity contribution in [3.8, 4) is 11.5 Å². The van der Waals surface area contributed by atoms with Crippen LogP contribution in [-0.2, 0) is 6.54 Å². The minimum Gasteiger partial charge on any atom is -0.496 e. The normalized spacial score (nSPS) is 10.3. The lowest BCUT2D eigenvalue weighted by molar-refractivity contribution is 0.305. The molecule has 112 valence electrons. The van der Waals surface area contributed by atoms with Gasteiger partial charge in [0.05, 0.1) is 13.7 Å². The summed E-state index contributed by atoms with van der Waals surface area (Å²) >= 11 is 0. The van der Waals surface area contributed by atoms with Gasteiger partial charge in [0.2, 0.25) is 0 Å². The highest BCUT2D eigenvalue weighted by molar-refractivity contribution is 5.32. The molecule has 0 atom stereocenters. The predicted molar refractivity (Wildman–Crippen MR) is 85.9 cm³/mol. The first kappa shape index (κ1) is 15.4. The van der Waals surface area contributed by atoms with Crippen molar-refractivity contribution >= 4 is 0 Å². The van der Waals surface area contributed by atoms with Crippen LogP contribution >= 0.6 is 0 Å². The van der Waals surface area contributed by atoms with Crippen LogP contribution in [0.1, 0.15) is 18.4 Å². The fraction of sp³-hybridized carbons (Fsp3) is 0.333. The van der Waals surface area contributed by atoms with E-state index in [1.54, 1.807) is 7.11 Å². The molecule has 2 aromatic carbocycles. The first-order chi connectivity index (χ1) is 10.4. The molecule has 0 aromatic heterocycles. The van der Waals surface area contributed by atoms with E-state index in [9.17, 15) is 0 Å². The molecule has 3 heteroatoms. The molecule has 0 aliphatic rings. The molecule has 0 fully saturated rings. The first-order valence-corrected chi connectivity index (χ1v) is 7.40. The highest BCUT2D eigenvalue weighted by Gasteiger charge is 2.00. The van der Waals surface area contributed by atoms with Gasteiger partial charge >= 0.3 is 0 Å². The monoisotopic (exact) mass is 285 g/mol. The zero-order valence-corrected chi connectivity index (χ0v) is 12.5. The van der Waals surface area contributed by atoms with E-state index >= 15 is 0 Å². The highest BCUT2D eigenvalue weighted by atomic mass is 16.5. The molecule has 0 spiro atoms. The molecule has 1 N–H and O–H groups in total. The SMILES string of the molecule is COc1ccccc1CNCCCCOc1ccccc1. The van der Waals surface area contributed by atoms with Crippen molar-refractivity contribution in [2.24, 2.45) is 0 Å². The number of para-hydroxylation sites is 2. The molecule has 2 rings (SSSR count). The van der Waals surface area contributed by atoms with Gasteiger partial charge in [0, 0.05) is 12.1 Å². The Morgan fingerprint density at radius 2 is 1.67 bits per heavy atom. The Morgan fingerprint density at radius 3 is 2.48 bits per heavy atom. The topological polar surface area (TPSA) is 30.5 Å². The predicted octanol–water partition coefficient (Wildman–Crippen LogP) is 3.64. The van der Waals surface area contributed by atoms with Gasteiger partial charge in [-0.1, -0.05) is 36.4 Å². The van der Waals surface area contributed by atoms with Gasteiger partial charge in [-0.25, -0.2) is 0 Å². The fourth-order valence-electron chi connectivity index (χ4n) is 2.13. The lowest BCUT2D eigenvalue weighted by Gasteiger charge is -2.09. The Morgan fingerprint density at radius 1 is 0.905 bits per heavy atom. The smallest absolute Gasteiger partial charge is 0.123 e. The van der Waals surface area contributed by atoms with Crippen LogP contribution < -0.4 is 14.8 Å². The van der Waals surface area contributed by atoms with E-state index in [-0.39, 0.29) is 0 Å². The number of hydrogen-bond acceptors (Lipinski definition) is 3. The van der Waals surface area contributed by atoms with Crippen molar-refractivity contribution in [1.29, 1.82) is 0 Å². The van der Waals surface area contributed by atoms with Crippen LogP contribution in [0.3, 0.4) is 0 Å². The molecule has 21 heavy (non-hydrogen) atoms. The zero-order chi connectivity index (χ0) is 14.8. The highest BCUT2D eigenvalue weighted by Crippen LogP contribution is 2.16. The van der Waals surface area contributed by atoms with Gasteiger partial charge in [0.1, 0.15) is 11.5 Å². The number of unbranched alkanes of at least 4 members (excludes halogenated alkanes) is 1. The second-order valence-corrected chi connectivity index (χ2v) is 4.86. The van der Waals surface area contributed by atoms with Gasteiger partial charge in [-0.3, -0.25) is 0 Å². The van der Waals surface area contributed by atoms with E-state index < -0.39 is 0 Å². The largest absolute Gasteiger partial charge is 0.496 e. The third-order valence-corrected chi connectivity index (χ3v) is 3.27. The molecule has 0 amide bonds. The van der Waals surface area contributed by atoms with E-state index in [1.165, 1.54) is 5.56 Å². The third kappa shape index (κ3) is 5.48. The lowest BCUT2D eigenvalue weighted by Crippen LogP contribution is -2.16. The average Bonchev–Trinajstić information content (AvgIpc) is 2.55. The van der Waals surface area contributed by atoms with Gasteiger partial charge in [-0.05, 0) is 37.6 Å². The molecule has 0 aliphatic carbocycles. The maximum Gasteiger partial charge on any atom is 0.123 e. The molecule has 3 nitrogen and oxygen atoms in total. The van der Waals surface area contributed by atoms with Crippen LogP contribution in [0.25, 0.3) is 0 Å². The summed E-state index contributed by atoms with van der Waals surface area (Å²) in [5, 5.41) is 3.44. The van der Waals surface area contributed by atoms with Crippen molar-refractivity contribution in [2.45, 2.75) is 19.4 Å². The zero-order valence-electron chi connectivity index (χ0n) is 12.5. The molecular weight excluding hydrogens is 262 g/mol. The van der Waals surface area contributed by atoms with Gasteiger partial charge < -0.3 is 14.8 Å². The van der Waals surface area contributed by atoms with E-state index in [0.717, 1.165) is 44.0 Å². The molecular formula is C18H23NO2.